The van der Waals surface area contributed by atoms with Crippen molar-refractivity contribution in [2.75, 3.05) is 19.8 Å². The SMILES string of the molecule is CC(=O)O[C@@H]1C[C@@]23COC[C@@](C)([C@@H]2CC[C@H]2C3=CC[C@@]3(C)[C@H](C(=O)O)[C@@](C)(C(C)C(C)C)CC[C@]23C)[C@H]1OC(=O)CCN. The maximum atomic E-state index is 13.3. The minimum Gasteiger partial charge on any atom is -0.481 e. The number of ether oxygens (including phenoxy) is 3. The fraction of sp³-hybridized carbons (Fsp3) is 0.857. The van der Waals surface area contributed by atoms with Gasteiger partial charge in [-0.15, -0.1) is 0 Å². The van der Waals surface area contributed by atoms with Gasteiger partial charge in [-0.3, -0.25) is 14.4 Å². The van der Waals surface area contributed by atoms with Crippen LogP contribution in [0.1, 0.15) is 100 Å². The molecule has 8 heteroatoms. The lowest BCUT2D eigenvalue weighted by atomic mass is 9.34. The Morgan fingerprint density at radius 2 is 1.74 bits per heavy atom. The number of esters is 2. The normalized spacial score (nSPS) is 46.0. The Morgan fingerprint density at radius 1 is 1.05 bits per heavy atom. The van der Waals surface area contributed by atoms with Gasteiger partial charge in [-0.1, -0.05) is 60.1 Å². The van der Waals surface area contributed by atoms with E-state index in [2.05, 4.69) is 54.5 Å². The van der Waals surface area contributed by atoms with Crippen molar-refractivity contribution < 1.29 is 33.7 Å². The third-order valence-corrected chi connectivity index (χ3v) is 14.0. The molecule has 2 bridgehead atoms. The Labute approximate surface area is 257 Å². The molecule has 8 nitrogen and oxygen atoms in total. The van der Waals surface area contributed by atoms with Gasteiger partial charge in [0.2, 0.25) is 0 Å². The van der Waals surface area contributed by atoms with Gasteiger partial charge >= 0.3 is 17.9 Å². The molecule has 1 heterocycles. The third-order valence-electron chi connectivity index (χ3n) is 14.0. The molecule has 242 valence electrons. The molecular weight excluding hydrogens is 546 g/mol. The molecule has 5 rings (SSSR count). The number of carbonyl (C=O) groups excluding carboxylic acids is 2. The van der Waals surface area contributed by atoms with Crippen LogP contribution in [0.5, 0.6) is 0 Å². The van der Waals surface area contributed by atoms with Gasteiger partial charge in [0.1, 0.15) is 12.2 Å². The second-order valence-corrected chi connectivity index (χ2v) is 16.1. The highest BCUT2D eigenvalue weighted by Gasteiger charge is 2.72. The van der Waals surface area contributed by atoms with E-state index in [-0.39, 0.29) is 58.9 Å². The van der Waals surface area contributed by atoms with E-state index in [1.807, 2.05) is 0 Å². The first-order valence-corrected chi connectivity index (χ1v) is 16.6. The first-order chi connectivity index (χ1) is 20.0. The molecule has 43 heavy (non-hydrogen) atoms. The van der Waals surface area contributed by atoms with Gasteiger partial charge in [-0.2, -0.15) is 0 Å². The van der Waals surface area contributed by atoms with E-state index in [9.17, 15) is 19.5 Å². The van der Waals surface area contributed by atoms with Gasteiger partial charge < -0.3 is 25.1 Å². The summed E-state index contributed by atoms with van der Waals surface area (Å²) in [6.45, 7) is 18.2. The molecule has 11 atom stereocenters. The lowest BCUT2D eigenvalue weighted by Gasteiger charge is -2.71. The molecule has 0 aromatic carbocycles. The van der Waals surface area contributed by atoms with Crippen molar-refractivity contribution in [1.29, 1.82) is 0 Å². The number of allylic oxidation sites excluding steroid dienone is 1. The fourth-order valence-electron chi connectivity index (χ4n) is 11.4. The fourth-order valence-corrected chi connectivity index (χ4v) is 11.4. The maximum Gasteiger partial charge on any atom is 0.307 e. The quantitative estimate of drug-likeness (QED) is 0.278. The molecule has 5 aliphatic rings. The summed E-state index contributed by atoms with van der Waals surface area (Å²) in [5.41, 5.74) is 5.22. The van der Waals surface area contributed by atoms with Gasteiger partial charge in [-0.25, -0.2) is 0 Å². The van der Waals surface area contributed by atoms with Crippen molar-refractivity contribution in [2.45, 2.75) is 113 Å². The number of carbonyl (C=O) groups is 3. The van der Waals surface area contributed by atoms with Crippen LogP contribution in [0.2, 0.25) is 0 Å². The summed E-state index contributed by atoms with van der Waals surface area (Å²) in [5.74, 6) is -0.809. The van der Waals surface area contributed by atoms with Crippen LogP contribution < -0.4 is 5.73 Å². The zero-order valence-electron chi connectivity index (χ0n) is 27.7. The first kappa shape index (κ1) is 32.5. The van der Waals surface area contributed by atoms with Crippen molar-refractivity contribution >= 4 is 17.9 Å². The Morgan fingerprint density at radius 3 is 2.35 bits per heavy atom. The number of rotatable bonds is 7. The number of aliphatic carboxylic acids is 1. The number of carboxylic acid groups (broad SMARTS) is 1. The van der Waals surface area contributed by atoms with Crippen LogP contribution in [0.4, 0.5) is 0 Å². The van der Waals surface area contributed by atoms with Crippen molar-refractivity contribution in [2.24, 2.45) is 62.4 Å². The van der Waals surface area contributed by atoms with Gasteiger partial charge in [0.15, 0.2) is 0 Å². The predicted molar refractivity (Wildman–Crippen MR) is 163 cm³/mol. The van der Waals surface area contributed by atoms with Crippen molar-refractivity contribution in [1.82, 2.24) is 0 Å². The molecular formula is C35H55NO7. The van der Waals surface area contributed by atoms with E-state index in [1.165, 1.54) is 12.5 Å². The average Bonchev–Trinajstić information content (AvgIpc) is 2.90. The van der Waals surface area contributed by atoms with E-state index in [1.54, 1.807) is 0 Å². The number of nitrogens with two attached hydrogens (primary N) is 1. The highest BCUT2D eigenvalue weighted by atomic mass is 16.6. The van der Waals surface area contributed by atoms with Gasteiger partial charge in [-0.05, 0) is 78.4 Å². The van der Waals surface area contributed by atoms with E-state index < -0.39 is 34.9 Å². The van der Waals surface area contributed by atoms with Crippen LogP contribution in [0.25, 0.3) is 0 Å². The van der Waals surface area contributed by atoms with Gasteiger partial charge in [0, 0.05) is 24.3 Å². The van der Waals surface area contributed by atoms with Crippen LogP contribution in [-0.4, -0.2) is 55.0 Å². The summed E-state index contributed by atoms with van der Waals surface area (Å²) in [4.78, 5) is 38.4. The molecule has 0 radical (unpaired) electrons. The molecule has 4 aliphatic carbocycles. The molecule has 1 saturated heterocycles. The van der Waals surface area contributed by atoms with Crippen LogP contribution in [-0.2, 0) is 28.6 Å². The average molecular weight is 602 g/mol. The van der Waals surface area contributed by atoms with Crippen LogP contribution in [0.3, 0.4) is 0 Å². The largest absolute Gasteiger partial charge is 0.481 e. The van der Waals surface area contributed by atoms with Crippen molar-refractivity contribution in [3.63, 3.8) is 0 Å². The maximum absolute atomic E-state index is 13.3. The zero-order valence-corrected chi connectivity index (χ0v) is 27.7. The van der Waals surface area contributed by atoms with E-state index in [4.69, 9.17) is 19.9 Å². The Balaban J connectivity index is 1.60. The molecule has 0 aromatic heterocycles. The lowest BCUT2D eigenvalue weighted by molar-refractivity contribution is -0.263. The summed E-state index contributed by atoms with van der Waals surface area (Å²) in [7, 11) is 0. The van der Waals surface area contributed by atoms with E-state index in [0.29, 0.717) is 32.0 Å². The van der Waals surface area contributed by atoms with Crippen LogP contribution in [0, 0.1) is 56.7 Å². The third kappa shape index (κ3) is 4.54. The van der Waals surface area contributed by atoms with Gasteiger partial charge in [0.25, 0.3) is 0 Å². The Bertz CT molecular complexity index is 1180. The topological polar surface area (TPSA) is 125 Å². The number of hydrogen-bond acceptors (Lipinski definition) is 7. The van der Waals surface area contributed by atoms with Crippen molar-refractivity contribution in [3.05, 3.63) is 11.6 Å². The monoisotopic (exact) mass is 601 g/mol. The summed E-state index contributed by atoms with van der Waals surface area (Å²) in [5, 5.41) is 10.9. The molecule has 3 saturated carbocycles. The summed E-state index contributed by atoms with van der Waals surface area (Å²) in [6, 6.07) is 0. The first-order valence-electron chi connectivity index (χ1n) is 16.6. The van der Waals surface area contributed by atoms with Crippen LogP contribution in [0.15, 0.2) is 11.6 Å². The summed E-state index contributed by atoms with van der Waals surface area (Å²) < 4.78 is 18.5. The molecule has 0 aromatic rings. The Hall–Kier alpha value is -1.93. The second-order valence-electron chi connectivity index (χ2n) is 16.1. The summed E-state index contributed by atoms with van der Waals surface area (Å²) in [6.07, 6.45) is 6.29. The minimum absolute atomic E-state index is 0.110. The Kier molecular flexibility index (Phi) is 8.19. The minimum atomic E-state index is -0.671. The molecule has 3 N–H and O–H groups in total. The molecule has 4 fully saturated rings. The molecule has 0 spiro atoms. The number of hydrogen-bond donors (Lipinski definition) is 2. The van der Waals surface area contributed by atoms with Crippen LogP contribution >= 0.6 is 0 Å². The molecule has 1 unspecified atom stereocenters. The molecule has 1 aliphatic heterocycles. The number of fused-ring (bicyclic) bond motifs is 3. The van der Waals surface area contributed by atoms with E-state index >= 15 is 0 Å². The lowest BCUT2D eigenvalue weighted by Crippen LogP contribution is -2.70. The number of carboxylic acids is 1. The highest BCUT2D eigenvalue weighted by molar-refractivity contribution is 5.73. The summed E-state index contributed by atoms with van der Waals surface area (Å²) >= 11 is 0. The van der Waals surface area contributed by atoms with Gasteiger partial charge in [0.05, 0.1) is 25.6 Å². The van der Waals surface area contributed by atoms with E-state index in [0.717, 1.165) is 25.7 Å². The highest BCUT2D eigenvalue weighted by Crippen LogP contribution is 2.75. The predicted octanol–water partition coefficient (Wildman–Crippen LogP) is 5.77. The van der Waals surface area contributed by atoms with Crippen molar-refractivity contribution in [3.8, 4) is 0 Å². The second kappa shape index (κ2) is 10.9. The standard InChI is InChI=1S/C35H55NO7/c1-20(2)21(3)31(5)14-15-33(7)23-9-10-26-32(6)18-41-19-35(26,24(23)11-13-34(33,8)28(31)30(39)40)17-25(42-22(4)37)29(32)43-27(38)12-16-36/h11,20-21,23,25-26,28-29H,9-10,12-19,36H2,1-8H3,(H,39,40)/t21?,23-,25+,26-,28+,29-,31+,32-,33+,34-,35-/m0/s1. The molecule has 0 amide bonds. The smallest absolute Gasteiger partial charge is 0.307 e. The zero-order chi connectivity index (χ0) is 31.8.